The fraction of sp³-hybridized carbons (Fsp3) is 0.294. The van der Waals surface area contributed by atoms with E-state index in [4.69, 9.17) is 5.73 Å². The van der Waals surface area contributed by atoms with E-state index in [1.54, 1.807) is 0 Å². The molecule has 0 unspecified atom stereocenters. The third-order valence-corrected chi connectivity index (χ3v) is 8.46. The van der Waals surface area contributed by atoms with Crippen LogP contribution in [0, 0.1) is 0 Å². The zero-order valence-electron chi connectivity index (χ0n) is 24.2. The lowest BCUT2D eigenvalue weighted by molar-refractivity contribution is -0.143. The quantitative estimate of drug-likeness (QED) is 0.231. The summed E-state index contributed by atoms with van der Waals surface area (Å²) in [6.07, 6.45) is 2.69. The smallest absolute Gasteiger partial charge is 0.246 e. The monoisotopic (exact) mass is 592 g/mol. The number of nitrogens with zero attached hydrogens (tertiary/aromatic N) is 1. The molecule has 226 valence electrons. The summed E-state index contributed by atoms with van der Waals surface area (Å²) in [6, 6.07) is 22.2. The molecule has 0 aliphatic carbocycles. The number of carbonyl (C=O) groups is 4. The number of para-hydroxylation sites is 1. The molecular formula is C34H36N6O4. The Morgan fingerprint density at radius 2 is 1.20 bits per heavy atom. The maximum absolute atomic E-state index is 14.1. The van der Waals surface area contributed by atoms with Crippen LogP contribution in [0.5, 0.6) is 0 Å². The van der Waals surface area contributed by atoms with Crippen molar-refractivity contribution in [3.05, 3.63) is 108 Å². The van der Waals surface area contributed by atoms with Gasteiger partial charge >= 0.3 is 0 Å². The average Bonchev–Trinajstić information content (AvgIpc) is 3.63. The lowest BCUT2D eigenvalue weighted by Gasteiger charge is -2.32. The lowest BCUT2D eigenvalue weighted by Crippen LogP contribution is -2.62. The van der Waals surface area contributed by atoms with Crippen LogP contribution in [0.3, 0.4) is 0 Å². The van der Waals surface area contributed by atoms with Crippen LogP contribution in [0.1, 0.15) is 23.1 Å². The van der Waals surface area contributed by atoms with Crippen LogP contribution in [-0.4, -0.2) is 70.3 Å². The van der Waals surface area contributed by atoms with E-state index in [0.717, 1.165) is 27.6 Å². The minimum atomic E-state index is -1.01. The predicted octanol–water partition coefficient (Wildman–Crippen LogP) is 1.59. The first-order valence-electron chi connectivity index (χ1n) is 15.0. The average molecular weight is 593 g/mol. The SMILES string of the molecule is N[C@H]1C[C@@H]2C(=O)N[C@@H](Cc3ccccc3)C(=O)N[C@H](Cc3c[nH]c4ccccc34)C(=O)N[C@@H](Cc3ccccc3)C(=O)N2C1. The number of hydrogen-bond donors (Lipinski definition) is 5. The van der Waals surface area contributed by atoms with Gasteiger partial charge in [0.1, 0.15) is 24.2 Å². The van der Waals surface area contributed by atoms with Crippen molar-refractivity contribution in [2.75, 3.05) is 6.54 Å². The topological polar surface area (TPSA) is 149 Å². The molecule has 0 saturated carbocycles. The van der Waals surface area contributed by atoms with Gasteiger partial charge in [-0.1, -0.05) is 78.9 Å². The molecule has 2 aliphatic heterocycles. The summed E-state index contributed by atoms with van der Waals surface area (Å²) in [6.45, 7) is 0.173. The first-order valence-corrected chi connectivity index (χ1v) is 15.0. The van der Waals surface area contributed by atoms with Crippen molar-refractivity contribution in [2.24, 2.45) is 5.73 Å². The van der Waals surface area contributed by atoms with Crippen molar-refractivity contribution in [1.82, 2.24) is 25.8 Å². The van der Waals surface area contributed by atoms with Gasteiger partial charge in [0.2, 0.25) is 23.6 Å². The second-order valence-corrected chi connectivity index (χ2v) is 11.6. The number of aromatic nitrogens is 1. The molecule has 4 aromatic rings. The molecule has 1 aromatic heterocycles. The van der Waals surface area contributed by atoms with Gasteiger partial charge in [0, 0.05) is 48.9 Å². The number of aromatic amines is 1. The molecule has 10 heteroatoms. The van der Waals surface area contributed by atoms with Crippen LogP contribution in [-0.2, 0) is 38.4 Å². The van der Waals surface area contributed by atoms with Crippen molar-refractivity contribution < 1.29 is 19.2 Å². The Balaban J connectivity index is 1.37. The Bertz CT molecular complexity index is 1660. The van der Waals surface area contributed by atoms with Crippen LogP contribution in [0.25, 0.3) is 10.9 Å². The molecule has 0 radical (unpaired) electrons. The van der Waals surface area contributed by atoms with Gasteiger partial charge in [-0.15, -0.1) is 0 Å². The molecule has 2 fully saturated rings. The van der Waals surface area contributed by atoms with E-state index in [2.05, 4.69) is 20.9 Å². The predicted molar refractivity (Wildman–Crippen MR) is 166 cm³/mol. The Hall–Kier alpha value is -4.96. The minimum absolute atomic E-state index is 0.173. The number of hydrogen-bond acceptors (Lipinski definition) is 5. The summed E-state index contributed by atoms with van der Waals surface area (Å²) >= 11 is 0. The highest BCUT2D eigenvalue weighted by molar-refractivity contribution is 5.98. The summed E-state index contributed by atoms with van der Waals surface area (Å²) in [7, 11) is 0. The second kappa shape index (κ2) is 12.7. The number of amides is 4. The molecule has 2 saturated heterocycles. The molecule has 10 nitrogen and oxygen atoms in total. The van der Waals surface area contributed by atoms with E-state index in [0.29, 0.717) is 0 Å². The molecule has 6 rings (SSSR count). The van der Waals surface area contributed by atoms with Gasteiger partial charge in [-0.05, 0) is 29.2 Å². The van der Waals surface area contributed by atoms with Crippen LogP contribution >= 0.6 is 0 Å². The summed E-state index contributed by atoms with van der Waals surface area (Å²) < 4.78 is 0. The number of fused-ring (bicyclic) bond motifs is 2. The van der Waals surface area contributed by atoms with Gasteiger partial charge < -0.3 is 31.6 Å². The number of rotatable bonds is 6. The van der Waals surface area contributed by atoms with E-state index >= 15 is 0 Å². The first-order chi connectivity index (χ1) is 21.4. The molecule has 5 atom stereocenters. The van der Waals surface area contributed by atoms with Crippen LogP contribution < -0.4 is 21.7 Å². The third-order valence-electron chi connectivity index (χ3n) is 8.46. The zero-order valence-corrected chi connectivity index (χ0v) is 24.2. The van der Waals surface area contributed by atoms with E-state index < -0.39 is 47.9 Å². The summed E-state index contributed by atoms with van der Waals surface area (Å²) in [4.78, 5) is 60.5. The normalized spacial score (nSPS) is 24.6. The number of H-pyrrole nitrogens is 1. The van der Waals surface area contributed by atoms with E-state index in [1.807, 2.05) is 91.1 Å². The molecular weight excluding hydrogens is 556 g/mol. The van der Waals surface area contributed by atoms with Crippen molar-refractivity contribution >= 4 is 34.5 Å². The number of carbonyl (C=O) groups excluding carboxylic acids is 4. The summed E-state index contributed by atoms with van der Waals surface area (Å²) in [5, 5.41) is 9.69. The zero-order chi connectivity index (χ0) is 30.6. The van der Waals surface area contributed by atoms with Crippen LogP contribution in [0.4, 0.5) is 0 Å². The molecule has 4 amide bonds. The van der Waals surface area contributed by atoms with E-state index in [-0.39, 0.29) is 38.1 Å². The number of nitrogens with one attached hydrogen (secondary N) is 4. The fourth-order valence-electron chi connectivity index (χ4n) is 6.21. The highest BCUT2D eigenvalue weighted by Gasteiger charge is 2.43. The van der Waals surface area contributed by atoms with E-state index in [1.165, 1.54) is 4.90 Å². The minimum Gasteiger partial charge on any atom is -0.361 e. The highest BCUT2D eigenvalue weighted by Crippen LogP contribution is 2.22. The van der Waals surface area contributed by atoms with Crippen molar-refractivity contribution in [1.29, 1.82) is 0 Å². The Labute approximate surface area is 255 Å². The summed E-state index contributed by atoms with van der Waals surface area (Å²) in [5.74, 6) is -1.79. The maximum atomic E-state index is 14.1. The molecule has 6 N–H and O–H groups in total. The molecule has 44 heavy (non-hydrogen) atoms. The Kier molecular flexibility index (Phi) is 8.42. The molecule has 3 aromatic carbocycles. The van der Waals surface area contributed by atoms with Gasteiger partial charge in [-0.3, -0.25) is 19.2 Å². The van der Waals surface area contributed by atoms with Gasteiger partial charge in [-0.25, -0.2) is 0 Å². The van der Waals surface area contributed by atoms with Crippen LogP contribution in [0.15, 0.2) is 91.1 Å². The number of nitrogens with two attached hydrogens (primary N) is 1. The van der Waals surface area contributed by atoms with Crippen molar-refractivity contribution in [3.63, 3.8) is 0 Å². The van der Waals surface area contributed by atoms with Gasteiger partial charge in [0.25, 0.3) is 0 Å². The third kappa shape index (κ3) is 6.35. The molecule has 0 spiro atoms. The van der Waals surface area contributed by atoms with Crippen LogP contribution in [0.2, 0.25) is 0 Å². The standard InChI is InChI=1S/C34H36N6O4/c35-24-18-30-33(43)38-27(15-21-9-3-1-4-10-21)31(41)37-28(17-23-19-36-26-14-8-7-13-25(23)26)32(42)39-29(34(44)40(30)20-24)16-22-11-5-2-6-12-22/h1-14,19,24,27-30,36H,15-18,20,35H2,(H,37,41)(H,38,43)(H,39,42)/t24-,27-,28+,29-,30+/m0/s1. The maximum Gasteiger partial charge on any atom is 0.246 e. The van der Waals surface area contributed by atoms with Crippen molar-refractivity contribution in [3.8, 4) is 0 Å². The Morgan fingerprint density at radius 3 is 1.89 bits per heavy atom. The molecule has 3 heterocycles. The first kappa shape index (κ1) is 29.1. The second-order valence-electron chi connectivity index (χ2n) is 11.6. The fourth-order valence-corrected chi connectivity index (χ4v) is 6.21. The highest BCUT2D eigenvalue weighted by atomic mass is 16.2. The van der Waals surface area contributed by atoms with Gasteiger partial charge in [0.15, 0.2) is 0 Å². The molecule has 0 bridgehead atoms. The van der Waals surface area contributed by atoms with Gasteiger partial charge in [-0.2, -0.15) is 0 Å². The van der Waals surface area contributed by atoms with E-state index in [9.17, 15) is 19.2 Å². The Morgan fingerprint density at radius 1 is 0.659 bits per heavy atom. The largest absolute Gasteiger partial charge is 0.361 e. The summed E-state index contributed by atoms with van der Waals surface area (Å²) in [5.41, 5.74) is 9.71. The molecule has 2 aliphatic rings. The lowest BCUT2D eigenvalue weighted by atomic mass is 9.99. The van der Waals surface area contributed by atoms with Crippen molar-refractivity contribution in [2.45, 2.75) is 55.9 Å². The van der Waals surface area contributed by atoms with Gasteiger partial charge in [0.05, 0.1) is 0 Å². The number of benzene rings is 3.